The van der Waals surface area contributed by atoms with E-state index in [0.29, 0.717) is 23.2 Å². The van der Waals surface area contributed by atoms with Crippen molar-refractivity contribution in [3.63, 3.8) is 0 Å². The van der Waals surface area contributed by atoms with E-state index < -0.39 is 0 Å². The van der Waals surface area contributed by atoms with Crippen molar-refractivity contribution >= 4 is 28.9 Å². The molecule has 0 radical (unpaired) electrons. The van der Waals surface area contributed by atoms with Crippen LogP contribution in [0.4, 0.5) is 5.69 Å². The Bertz CT molecular complexity index is 1210. The molecule has 3 rings (SSSR count). The predicted octanol–water partition coefficient (Wildman–Crippen LogP) is 6.04. The van der Waals surface area contributed by atoms with Gasteiger partial charge >= 0.3 is 0 Å². The number of anilines is 1. The molecule has 1 amide bonds. The lowest BCUT2D eigenvalue weighted by atomic mass is 9.88. The molecular weight excluding hydrogens is 492 g/mol. The molecule has 0 unspecified atom stereocenters. The fourth-order valence-electron chi connectivity index (χ4n) is 5.79. The molecule has 0 saturated heterocycles. The lowest BCUT2D eigenvalue weighted by molar-refractivity contribution is 0.0950. The van der Waals surface area contributed by atoms with Crippen molar-refractivity contribution < 1.29 is 4.79 Å². The first kappa shape index (κ1) is 30.0. The molecule has 0 atom stereocenters. The number of allylic oxidation sites excluding steroid dienone is 1. The Balaban J connectivity index is 1.99. The van der Waals surface area contributed by atoms with Crippen molar-refractivity contribution in [3.8, 4) is 0 Å². The Labute approximate surface area is 233 Å². The van der Waals surface area contributed by atoms with Gasteiger partial charge in [0.2, 0.25) is 0 Å². The van der Waals surface area contributed by atoms with Crippen molar-refractivity contribution in [2.75, 3.05) is 31.8 Å². The number of thioether (sulfide) groups is 1. The summed E-state index contributed by atoms with van der Waals surface area (Å²) in [5.74, 6) is -0.142. The minimum atomic E-state index is -0.143. The number of aromatic nitrogens is 1. The predicted molar refractivity (Wildman–Crippen MR) is 163 cm³/mol. The van der Waals surface area contributed by atoms with Gasteiger partial charge in [-0.1, -0.05) is 6.92 Å². The third kappa shape index (κ3) is 6.92. The Morgan fingerprint density at radius 2 is 1.74 bits per heavy atom. The van der Waals surface area contributed by atoms with Crippen LogP contribution in [0.3, 0.4) is 0 Å². The first-order valence-electron chi connectivity index (χ1n) is 13.9. The van der Waals surface area contributed by atoms with Crippen molar-refractivity contribution in [1.29, 1.82) is 0 Å². The molecule has 1 aromatic carbocycles. The average molecular weight is 539 g/mol. The van der Waals surface area contributed by atoms with E-state index in [2.05, 4.69) is 72.7 Å². The van der Waals surface area contributed by atoms with Crippen LogP contribution in [0.15, 0.2) is 28.4 Å². The van der Waals surface area contributed by atoms with Crippen LogP contribution in [0, 0.1) is 20.8 Å². The molecule has 1 aliphatic carbocycles. The van der Waals surface area contributed by atoms with E-state index in [1.165, 1.54) is 18.4 Å². The van der Waals surface area contributed by atoms with Crippen molar-refractivity contribution in [3.05, 3.63) is 67.5 Å². The van der Waals surface area contributed by atoms with E-state index in [1.807, 2.05) is 26.0 Å². The lowest BCUT2D eigenvalue weighted by Crippen LogP contribution is -2.42. The van der Waals surface area contributed by atoms with Crippen LogP contribution in [0.25, 0.3) is 5.57 Å². The molecule has 208 valence electrons. The highest BCUT2D eigenvalue weighted by Gasteiger charge is 2.28. The molecule has 0 bridgehead atoms. The van der Waals surface area contributed by atoms with E-state index in [9.17, 15) is 9.59 Å². The van der Waals surface area contributed by atoms with Gasteiger partial charge in [-0.25, -0.2) is 0 Å². The van der Waals surface area contributed by atoms with Gasteiger partial charge in [0.25, 0.3) is 11.5 Å². The van der Waals surface area contributed by atoms with Crippen LogP contribution in [0.2, 0.25) is 0 Å². The van der Waals surface area contributed by atoms with E-state index in [4.69, 9.17) is 0 Å². The highest BCUT2D eigenvalue weighted by molar-refractivity contribution is 8.01. The summed E-state index contributed by atoms with van der Waals surface area (Å²) in [7, 11) is 4.36. The molecule has 1 aromatic heterocycles. The summed E-state index contributed by atoms with van der Waals surface area (Å²) >= 11 is 1.69. The van der Waals surface area contributed by atoms with Crippen LogP contribution < -0.4 is 15.8 Å². The maximum Gasteiger partial charge on any atom is 0.253 e. The zero-order chi connectivity index (χ0) is 28.0. The number of carbonyl (C=O) groups is 1. The molecule has 38 heavy (non-hydrogen) atoms. The number of nitrogens with zero attached hydrogens (tertiary/aromatic N) is 2. The van der Waals surface area contributed by atoms with E-state index in [0.717, 1.165) is 53.9 Å². The Hall–Kier alpha value is -2.51. The smallest absolute Gasteiger partial charge is 0.253 e. The molecule has 1 saturated carbocycles. The largest absolute Gasteiger partial charge is 0.369 e. The number of amides is 1. The highest BCUT2D eigenvalue weighted by Crippen LogP contribution is 2.35. The second-order valence-corrected chi connectivity index (χ2v) is 11.4. The molecule has 6 nitrogen and oxygen atoms in total. The lowest BCUT2D eigenvalue weighted by Gasteiger charge is -2.40. The average Bonchev–Trinajstić information content (AvgIpc) is 2.88. The Kier molecular flexibility index (Phi) is 10.7. The number of carbonyl (C=O) groups excluding carboxylic acids is 1. The third-order valence-corrected chi connectivity index (χ3v) is 8.56. The van der Waals surface area contributed by atoms with Crippen molar-refractivity contribution in [1.82, 2.24) is 15.2 Å². The standard InChI is InChI=1S/C31H46N4O2S/c1-9-23(19-38-8)24-16-27(30(36)32-18-28-20(3)15-21(4)33-31(28)37)22(5)29(17-24)35(10-2)26-13-11-25(12-14-26)34(6)7/h15-17,19,25-26H,9-14,18H2,1-8H3,(H,32,36)(H,33,37)/b23-19+/t25-,26-. The number of nitrogens with one attached hydrogen (secondary N) is 2. The van der Waals surface area contributed by atoms with E-state index in [1.54, 1.807) is 11.8 Å². The third-order valence-electron chi connectivity index (χ3n) is 8.04. The maximum atomic E-state index is 13.6. The molecular formula is C31H46N4O2S. The number of hydrogen-bond donors (Lipinski definition) is 2. The fraction of sp³-hybridized carbons (Fsp3) is 0.548. The van der Waals surface area contributed by atoms with Gasteiger partial charge in [0.05, 0.1) is 0 Å². The van der Waals surface area contributed by atoms with Gasteiger partial charge in [0, 0.05) is 47.7 Å². The summed E-state index contributed by atoms with van der Waals surface area (Å²) in [6, 6.07) is 7.36. The zero-order valence-corrected chi connectivity index (χ0v) is 25.3. The molecule has 1 heterocycles. The SMILES string of the molecule is CC/C(=C\SC)c1cc(C(=O)NCc2c(C)cc(C)[nH]c2=O)c(C)c(N(CC)[C@H]2CC[C@H](N(C)C)CC2)c1. The number of aromatic amines is 1. The minimum absolute atomic E-state index is 0.142. The molecule has 1 fully saturated rings. The number of benzene rings is 1. The van der Waals surface area contributed by atoms with Gasteiger partial charge in [-0.3, -0.25) is 9.59 Å². The number of pyridine rings is 1. The van der Waals surface area contributed by atoms with Crippen LogP contribution in [-0.2, 0) is 6.54 Å². The quantitative estimate of drug-likeness (QED) is 0.386. The molecule has 0 aliphatic heterocycles. The number of H-pyrrole nitrogens is 1. The molecule has 2 N–H and O–H groups in total. The van der Waals surface area contributed by atoms with Crippen LogP contribution in [-0.4, -0.2) is 54.8 Å². The van der Waals surface area contributed by atoms with Crippen molar-refractivity contribution in [2.24, 2.45) is 0 Å². The second-order valence-electron chi connectivity index (χ2n) is 10.7. The summed E-state index contributed by atoms with van der Waals surface area (Å²) in [5, 5.41) is 5.23. The van der Waals surface area contributed by atoms with E-state index in [-0.39, 0.29) is 18.0 Å². The maximum absolute atomic E-state index is 13.6. The summed E-state index contributed by atoms with van der Waals surface area (Å²) in [5.41, 5.74) is 7.31. The summed E-state index contributed by atoms with van der Waals surface area (Å²) in [6.07, 6.45) is 7.65. The Morgan fingerprint density at radius 3 is 2.29 bits per heavy atom. The molecule has 1 aliphatic rings. The van der Waals surface area contributed by atoms with Crippen LogP contribution in [0.5, 0.6) is 0 Å². The second kappa shape index (κ2) is 13.5. The van der Waals surface area contributed by atoms with Crippen LogP contribution in [0.1, 0.15) is 84.3 Å². The van der Waals surface area contributed by atoms with Gasteiger partial charge in [0.15, 0.2) is 0 Å². The summed E-state index contributed by atoms with van der Waals surface area (Å²) in [6.45, 7) is 11.3. The molecule has 7 heteroatoms. The highest BCUT2D eigenvalue weighted by atomic mass is 32.2. The van der Waals surface area contributed by atoms with Gasteiger partial charge in [-0.2, -0.15) is 0 Å². The Morgan fingerprint density at radius 1 is 1.08 bits per heavy atom. The monoisotopic (exact) mass is 538 g/mol. The van der Waals surface area contributed by atoms with Gasteiger partial charge in [-0.15, -0.1) is 11.8 Å². The van der Waals surface area contributed by atoms with Crippen molar-refractivity contribution in [2.45, 2.75) is 85.4 Å². The fourth-order valence-corrected chi connectivity index (χ4v) is 6.38. The molecule has 2 aromatic rings. The normalized spacial score (nSPS) is 18.1. The van der Waals surface area contributed by atoms with Gasteiger partial charge < -0.3 is 20.1 Å². The van der Waals surface area contributed by atoms with Crippen LogP contribution >= 0.6 is 11.8 Å². The van der Waals surface area contributed by atoms with E-state index >= 15 is 0 Å². The number of aryl methyl sites for hydroxylation is 2. The topological polar surface area (TPSA) is 68.4 Å². The summed E-state index contributed by atoms with van der Waals surface area (Å²) in [4.78, 5) is 33.9. The number of hydrogen-bond acceptors (Lipinski definition) is 5. The first-order chi connectivity index (χ1) is 18.1. The minimum Gasteiger partial charge on any atom is -0.369 e. The first-order valence-corrected chi connectivity index (χ1v) is 15.2. The molecule has 0 spiro atoms. The van der Waals surface area contributed by atoms with Gasteiger partial charge in [0.1, 0.15) is 0 Å². The van der Waals surface area contributed by atoms with Gasteiger partial charge in [-0.05, 0) is 126 Å². The zero-order valence-electron chi connectivity index (χ0n) is 24.5. The summed E-state index contributed by atoms with van der Waals surface area (Å²) < 4.78 is 0. The number of rotatable bonds is 10.